The highest BCUT2D eigenvalue weighted by atomic mass is 16.2. The standard InChI is InChI=1S/C19H17N7O4/c1-24-10-20-17-16(24)18(29)26(19(30)25(17)2)9-15(28)21-12-5-3-4-11(8-12)13-6-7-14(27)23-22-13/h3-8,10H,9H2,1-2H3,(H,21,28)(H,23,27). The molecular weight excluding hydrogens is 390 g/mol. The number of carbonyl (C=O) groups is 1. The van der Waals surface area contributed by atoms with Crippen molar-refractivity contribution >= 4 is 22.8 Å². The minimum atomic E-state index is -0.632. The molecule has 0 saturated carbocycles. The quantitative estimate of drug-likeness (QED) is 0.482. The normalized spacial score (nSPS) is 11.0. The number of rotatable bonds is 4. The number of nitrogens with one attached hydrogen (secondary N) is 2. The molecule has 0 fully saturated rings. The Labute approximate surface area is 168 Å². The van der Waals surface area contributed by atoms with E-state index < -0.39 is 23.7 Å². The molecule has 30 heavy (non-hydrogen) atoms. The summed E-state index contributed by atoms with van der Waals surface area (Å²) in [5, 5.41) is 8.98. The molecule has 0 aliphatic carbocycles. The van der Waals surface area contributed by atoms with Gasteiger partial charge in [-0.15, -0.1) is 0 Å². The summed E-state index contributed by atoms with van der Waals surface area (Å²) in [5.41, 5.74) is 0.603. The molecule has 3 heterocycles. The van der Waals surface area contributed by atoms with Crippen LogP contribution in [0.25, 0.3) is 22.4 Å². The monoisotopic (exact) mass is 407 g/mol. The summed E-state index contributed by atoms with van der Waals surface area (Å²) >= 11 is 0. The summed E-state index contributed by atoms with van der Waals surface area (Å²) in [6.45, 7) is -0.451. The fourth-order valence-corrected chi connectivity index (χ4v) is 3.14. The number of nitrogens with zero attached hydrogens (tertiary/aromatic N) is 5. The van der Waals surface area contributed by atoms with Crippen LogP contribution in [0.4, 0.5) is 5.69 Å². The summed E-state index contributed by atoms with van der Waals surface area (Å²) in [6.07, 6.45) is 1.44. The van der Waals surface area contributed by atoms with Gasteiger partial charge in [0.2, 0.25) is 5.91 Å². The van der Waals surface area contributed by atoms with E-state index in [-0.39, 0.29) is 16.7 Å². The molecular formula is C19H17N7O4. The molecule has 1 aromatic carbocycles. The maximum absolute atomic E-state index is 12.7. The Morgan fingerprint density at radius 3 is 2.67 bits per heavy atom. The van der Waals surface area contributed by atoms with Crippen molar-refractivity contribution in [2.45, 2.75) is 6.54 Å². The number of hydrogen-bond acceptors (Lipinski definition) is 6. The average Bonchev–Trinajstić information content (AvgIpc) is 3.12. The third-order valence-electron chi connectivity index (χ3n) is 4.62. The molecule has 0 aliphatic rings. The molecule has 0 atom stereocenters. The Bertz CT molecular complexity index is 1440. The zero-order chi connectivity index (χ0) is 21.4. The van der Waals surface area contributed by atoms with Gasteiger partial charge in [0.25, 0.3) is 11.1 Å². The van der Waals surface area contributed by atoms with Gasteiger partial charge in [-0.1, -0.05) is 12.1 Å². The van der Waals surface area contributed by atoms with E-state index in [1.807, 2.05) is 0 Å². The SMILES string of the molecule is Cn1cnc2c1c(=O)n(CC(=O)Nc1cccc(-c3ccc(=O)[nH]n3)c1)c(=O)n2C. The van der Waals surface area contributed by atoms with Crippen LogP contribution in [0.3, 0.4) is 0 Å². The van der Waals surface area contributed by atoms with Crippen LogP contribution in [0.5, 0.6) is 0 Å². The zero-order valence-electron chi connectivity index (χ0n) is 16.1. The summed E-state index contributed by atoms with van der Waals surface area (Å²) in [6, 6.07) is 9.73. The van der Waals surface area contributed by atoms with E-state index in [1.54, 1.807) is 37.4 Å². The largest absolute Gasteiger partial charge is 0.332 e. The van der Waals surface area contributed by atoms with Crippen LogP contribution < -0.4 is 22.1 Å². The van der Waals surface area contributed by atoms with E-state index in [2.05, 4.69) is 20.5 Å². The topological polar surface area (TPSA) is 137 Å². The van der Waals surface area contributed by atoms with Gasteiger partial charge in [-0.05, 0) is 18.2 Å². The molecule has 0 bridgehead atoms. The number of carbonyl (C=O) groups excluding carboxylic acids is 1. The van der Waals surface area contributed by atoms with Gasteiger partial charge in [-0.25, -0.2) is 19.4 Å². The van der Waals surface area contributed by atoms with Crippen LogP contribution in [0.15, 0.2) is 57.1 Å². The van der Waals surface area contributed by atoms with Crippen molar-refractivity contribution in [2.24, 2.45) is 14.1 Å². The van der Waals surface area contributed by atoms with Gasteiger partial charge in [0.15, 0.2) is 11.2 Å². The van der Waals surface area contributed by atoms with E-state index in [9.17, 15) is 19.2 Å². The van der Waals surface area contributed by atoms with Crippen LogP contribution in [0, 0.1) is 0 Å². The predicted octanol–water partition coefficient (Wildman–Crippen LogP) is -0.177. The van der Waals surface area contributed by atoms with Crippen molar-refractivity contribution in [1.29, 1.82) is 0 Å². The average molecular weight is 407 g/mol. The molecule has 0 spiro atoms. The molecule has 152 valence electrons. The molecule has 4 aromatic rings. The second-order valence-corrected chi connectivity index (χ2v) is 6.70. The lowest BCUT2D eigenvalue weighted by atomic mass is 10.1. The van der Waals surface area contributed by atoms with Crippen molar-refractivity contribution < 1.29 is 4.79 Å². The Morgan fingerprint density at radius 2 is 1.93 bits per heavy atom. The minimum absolute atomic E-state index is 0.232. The fraction of sp³-hybridized carbons (Fsp3) is 0.158. The Hall–Kier alpha value is -4.28. The van der Waals surface area contributed by atoms with Crippen LogP contribution in [-0.2, 0) is 25.4 Å². The van der Waals surface area contributed by atoms with Gasteiger partial charge in [0.1, 0.15) is 6.54 Å². The van der Waals surface area contributed by atoms with Crippen LogP contribution in [0.2, 0.25) is 0 Å². The number of imidazole rings is 1. The van der Waals surface area contributed by atoms with Gasteiger partial charge in [0, 0.05) is 31.4 Å². The lowest BCUT2D eigenvalue weighted by Gasteiger charge is -2.10. The number of aromatic nitrogens is 6. The van der Waals surface area contributed by atoms with E-state index in [1.165, 1.54) is 28.6 Å². The molecule has 0 radical (unpaired) electrons. The molecule has 11 heteroatoms. The van der Waals surface area contributed by atoms with Crippen molar-refractivity contribution in [3.05, 3.63) is 73.9 Å². The maximum Gasteiger partial charge on any atom is 0.332 e. The Kier molecular flexibility index (Phi) is 4.62. The fourth-order valence-electron chi connectivity index (χ4n) is 3.14. The summed E-state index contributed by atoms with van der Waals surface area (Å²) < 4.78 is 3.60. The predicted molar refractivity (Wildman–Crippen MR) is 109 cm³/mol. The van der Waals surface area contributed by atoms with Crippen molar-refractivity contribution in [3.63, 3.8) is 0 Å². The van der Waals surface area contributed by atoms with Gasteiger partial charge in [-0.2, -0.15) is 5.10 Å². The van der Waals surface area contributed by atoms with E-state index in [0.717, 1.165) is 4.57 Å². The first-order valence-corrected chi connectivity index (χ1v) is 8.92. The lowest BCUT2D eigenvalue weighted by molar-refractivity contribution is -0.116. The van der Waals surface area contributed by atoms with E-state index >= 15 is 0 Å². The molecule has 3 aromatic heterocycles. The highest BCUT2D eigenvalue weighted by Gasteiger charge is 2.17. The lowest BCUT2D eigenvalue weighted by Crippen LogP contribution is -2.42. The molecule has 0 aliphatic heterocycles. The Morgan fingerprint density at radius 1 is 1.13 bits per heavy atom. The molecule has 0 unspecified atom stereocenters. The second-order valence-electron chi connectivity index (χ2n) is 6.70. The van der Waals surface area contributed by atoms with Crippen molar-refractivity contribution in [2.75, 3.05) is 5.32 Å². The molecule has 0 saturated heterocycles. The second kappa shape index (κ2) is 7.28. The number of benzene rings is 1. The van der Waals surface area contributed by atoms with E-state index in [0.29, 0.717) is 16.9 Å². The van der Waals surface area contributed by atoms with Crippen LogP contribution >= 0.6 is 0 Å². The maximum atomic E-state index is 12.7. The molecule has 11 nitrogen and oxygen atoms in total. The highest BCUT2D eigenvalue weighted by Crippen LogP contribution is 2.19. The first-order valence-electron chi connectivity index (χ1n) is 8.92. The number of H-pyrrole nitrogens is 1. The third-order valence-corrected chi connectivity index (χ3v) is 4.62. The molecule has 4 rings (SSSR count). The minimum Gasteiger partial charge on any atom is -0.328 e. The number of aryl methyl sites for hydroxylation is 2. The number of amides is 1. The van der Waals surface area contributed by atoms with Crippen molar-refractivity contribution in [1.82, 2.24) is 28.9 Å². The van der Waals surface area contributed by atoms with Crippen molar-refractivity contribution in [3.8, 4) is 11.3 Å². The van der Waals surface area contributed by atoms with Crippen LogP contribution in [-0.4, -0.2) is 34.8 Å². The summed E-state index contributed by atoms with van der Waals surface area (Å²) in [4.78, 5) is 53.0. The van der Waals surface area contributed by atoms with Gasteiger partial charge in [0.05, 0.1) is 12.0 Å². The smallest absolute Gasteiger partial charge is 0.328 e. The summed E-state index contributed by atoms with van der Waals surface area (Å²) in [5.74, 6) is -0.540. The van der Waals surface area contributed by atoms with Crippen LogP contribution in [0.1, 0.15) is 0 Å². The Balaban J connectivity index is 1.62. The summed E-state index contributed by atoms with van der Waals surface area (Å²) in [7, 11) is 3.13. The van der Waals surface area contributed by atoms with Gasteiger partial charge in [-0.3, -0.25) is 19.0 Å². The number of hydrogen-bond donors (Lipinski definition) is 2. The first-order chi connectivity index (χ1) is 14.3. The first kappa shape index (κ1) is 19.1. The van der Waals surface area contributed by atoms with Gasteiger partial charge < -0.3 is 9.88 Å². The highest BCUT2D eigenvalue weighted by molar-refractivity contribution is 5.91. The van der Waals surface area contributed by atoms with Gasteiger partial charge >= 0.3 is 5.69 Å². The van der Waals surface area contributed by atoms with E-state index in [4.69, 9.17) is 0 Å². The number of anilines is 1. The number of fused-ring (bicyclic) bond motifs is 1. The molecule has 2 N–H and O–H groups in total. The third kappa shape index (κ3) is 3.32. The molecule has 1 amide bonds. The number of aromatic amines is 1. The zero-order valence-corrected chi connectivity index (χ0v) is 16.1.